The predicted octanol–water partition coefficient (Wildman–Crippen LogP) is 3.78. The number of hydrogen-bond donors (Lipinski definition) is 3. The van der Waals surface area contributed by atoms with Crippen LogP contribution in [0, 0.1) is 0 Å². The van der Waals surface area contributed by atoms with Crippen LogP contribution in [0.2, 0.25) is 0 Å². The highest BCUT2D eigenvalue weighted by atomic mass is 16.2. The quantitative estimate of drug-likeness (QED) is 0.788. The highest BCUT2D eigenvalue weighted by Gasteiger charge is 2.23. The van der Waals surface area contributed by atoms with Gasteiger partial charge >= 0.3 is 6.03 Å². The first-order chi connectivity index (χ1) is 11.1. The third-order valence-electron chi connectivity index (χ3n) is 3.73. The highest BCUT2D eigenvalue weighted by molar-refractivity contribution is 5.89. The Bertz CT molecular complexity index is 660. The zero-order chi connectivity index (χ0) is 16.2. The van der Waals surface area contributed by atoms with Crippen molar-refractivity contribution in [2.45, 2.75) is 18.9 Å². The summed E-state index contributed by atoms with van der Waals surface area (Å²) in [7, 11) is 4.04. The topological polar surface area (TPSA) is 56.4 Å². The number of carbonyl (C=O) groups is 1. The molecule has 1 aliphatic rings. The molecule has 0 aliphatic heterocycles. The summed E-state index contributed by atoms with van der Waals surface area (Å²) >= 11 is 0. The smallest absolute Gasteiger partial charge is 0.319 e. The number of carbonyl (C=O) groups excluding carboxylic acids is 1. The van der Waals surface area contributed by atoms with Crippen LogP contribution in [0.5, 0.6) is 0 Å². The van der Waals surface area contributed by atoms with Gasteiger partial charge in [-0.15, -0.1) is 0 Å². The number of hydrogen-bond acceptors (Lipinski definition) is 3. The number of urea groups is 1. The van der Waals surface area contributed by atoms with E-state index < -0.39 is 0 Å². The first kappa shape index (κ1) is 15.2. The van der Waals surface area contributed by atoms with Crippen molar-refractivity contribution in [3.8, 4) is 0 Å². The van der Waals surface area contributed by atoms with E-state index in [1.807, 2.05) is 50.5 Å². The number of rotatable bonds is 5. The van der Waals surface area contributed by atoms with E-state index in [1.165, 1.54) is 0 Å². The lowest BCUT2D eigenvalue weighted by molar-refractivity contribution is 0.251. The molecule has 3 rings (SSSR count). The van der Waals surface area contributed by atoms with E-state index in [9.17, 15) is 4.79 Å². The zero-order valence-corrected chi connectivity index (χ0v) is 13.5. The van der Waals surface area contributed by atoms with E-state index in [0.29, 0.717) is 6.04 Å². The molecule has 5 nitrogen and oxygen atoms in total. The van der Waals surface area contributed by atoms with E-state index in [2.05, 4.69) is 33.0 Å². The Morgan fingerprint density at radius 2 is 1.43 bits per heavy atom. The molecule has 0 atom stereocenters. The van der Waals surface area contributed by atoms with E-state index in [0.717, 1.165) is 35.6 Å². The fourth-order valence-electron chi connectivity index (χ4n) is 2.23. The highest BCUT2D eigenvalue weighted by Crippen LogP contribution is 2.22. The van der Waals surface area contributed by atoms with Gasteiger partial charge in [0.05, 0.1) is 0 Å². The molecule has 0 spiro atoms. The van der Waals surface area contributed by atoms with Crippen LogP contribution in [-0.4, -0.2) is 26.2 Å². The van der Waals surface area contributed by atoms with E-state index in [-0.39, 0.29) is 6.03 Å². The van der Waals surface area contributed by atoms with Gasteiger partial charge in [-0.1, -0.05) is 0 Å². The van der Waals surface area contributed by atoms with Gasteiger partial charge in [-0.3, -0.25) is 0 Å². The molecule has 0 bridgehead atoms. The van der Waals surface area contributed by atoms with Crippen LogP contribution in [-0.2, 0) is 0 Å². The lowest BCUT2D eigenvalue weighted by atomic mass is 10.2. The normalized spacial score (nSPS) is 13.3. The Morgan fingerprint density at radius 1 is 0.913 bits per heavy atom. The zero-order valence-electron chi connectivity index (χ0n) is 13.5. The summed E-state index contributed by atoms with van der Waals surface area (Å²) in [5.41, 5.74) is 3.96. The van der Waals surface area contributed by atoms with Crippen molar-refractivity contribution in [1.82, 2.24) is 5.32 Å². The summed E-state index contributed by atoms with van der Waals surface area (Å²) in [6, 6.07) is 16.1. The maximum atomic E-state index is 11.7. The standard InChI is InChI=1S/C18H22N4O/c1-22(2)17-11-9-14(10-12-17)19-13-3-5-15(6-4-13)20-18(23)21-16-7-8-16/h3-6,9-12,16,19H,7-8H2,1-2H3,(H2,20,21,23). The molecule has 0 heterocycles. The summed E-state index contributed by atoms with van der Waals surface area (Å²) in [6.45, 7) is 0. The first-order valence-corrected chi connectivity index (χ1v) is 7.82. The van der Waals surface area contributed by atoms with Crippen molar-refractivity contribution in [1.29, 1.82) is 0 Å². The van der Waals surface area contributed by atoms with Crippen LogP contribution in [0.1, 0.15) is 12.8 Å². The molecule has 5 heteroatoms. The third-order valence-corrected chi connectivity index (χ3v) is 3.73. The molecule has 3 N–H and O–H groups in total. The predicted molar refractivity (Wildman–Crippen MR) is 95.7 cm³/mol. The number of amides is 2. The average Bonchev–Trinajstić information content (AvgIpc) is 3.33. The number of anilines is 4. The van der Waals surface area contributed by atoms with Crippen molar-refractivity contribution in [3.05, 3.63) is 48.5 Å². The minimum Gasteiger partial charge on any atom is -0.378 e. The van der Waals surface area contributed by atoms with Crippen LogP contribution in [0.15, 0.2) is 48.5 Å². The second-order valence-electron chi connectivity index (χ2n) is 6.02. The average molecular weight is 310 g/mol. The molecule has 0 aromatic heterocycles. The number of benzene rings is 2. The lowest BCUT2D eigenvalue weighted by Gasteiger charge is -2.13. The van der Waals surface area contributed by atoms with Crippen LogP contribution in [0.4, 0.5) is 27.5 Å². The molecule has 23 heavy (non-hydrogen) atoms. The van der Waals surface area contributed by atoms with Gasteiger partial charge in [0, 0.05) is 42.9 Å². The molecule has 120 valence electrons. The van der Waals surface area contributed by atoms with Crippen LogP contribution in [0.3, 0.4) is 0 Å². The largest absolute Gasteiger partial charge is 0.378 e. The van der Waals surface area contributed by atoms with Gasteiger partial charge in [-0.2, -0.15) is 0 Å². The second-order valence-corrected chi connectivity index (χ2v) is 6.02. The van der Waals surface area contributed by atoms with Gasteiger partial charge in [0.1, 0.15) is 0 Å². The van der Waals surface area contributed by atoms with Gasteiger partial charge < -0.3 is 20.9 Å². The van der Waals surface area contributed by atoms with Gasteiger partial charge in [0.25, 0.3) is 0 Å². The van der Waals surface area contributed by atoms with Crippen molar-refractivity contribution >= 4 is 28.8 Å². The Balaban J connectivity index is 1.57. The van der Waals surface area contributed by atoms with E-state index in [1.54, 1.807) is 0 Å². The summed E-state index contributed by atoms with van der Waals surface area (Å²) in [4.78, 5) is 13.8. The maximum absolute atomic E-state index is 11.7. The third kappa shape index (κ3) is 4.39. The molecular formula is C18H22N4O. The van der Waals surface area contributed by atoms with Crippen molar-refractivity contribution in [2.24, 2.45) is 0 Å². The van der Waals surface area contributed by atoms with Crippen LogP contribution < -0.4 is 20.9 Å². The number of nitrogens with zero attached hydrogens (tertiary/aromatic N) is 1. The lowest BCUT2D eigenvalue weighted by Crippen LogP contribution is -2.30. The van der Waals surface area contributed by atoms with Gasteiger partial charge in [-0.25, -0.2) is 4.79 Å². The Hall–Kier alpha value is -2.69. The fraction of sp³-hybridized carbons (Fsp3) is 0.278. The van der Waals surface area contributed by atoms with Crippen molar-refractivity contribution in [3.63, 3.8) is 0 Å². The minimum absolute atomic E-state index is 0.132. The Kier molecular flexibility index (Phi) is 4.37. The second kappa shape index (κ2) is 6.60. The summed E-state index contributed by atoms with van der Waals surface area (Å²) in [5.74, 6) is 0. The van der Waals surface area contributed by atoms with Crippen LogP contribution in [0.25, 0.3) is 0 Å². The monoisotopic (exact) mass is 310 g/mol. The Morgan fingerprint density at radius 3 is 1.96 bits per heavy atom. The summed E-state index contributed by atoms with van der Waals surface area (Å²) in [5, 5.41) is 9.09. The van der Waals surface area contributed by atoms with E-state index >= 15 is 0 Å². The molecular weight excluding hydrogens is 288 g/mol. The SMILES string of the molecule is CN(C)c1ccc(Nc2ccc(NC(=O)NC3CC3)cc2)cc1. The van der Waals surface area contributed by atoms with Gasteiger partial charge in [-0.05, 0) is 61.4 Å². The van der Waals surface area contributed by atoms with Crippen molar-refractivity contribution in [2.75, 3.05) is 29.6 Å². The molecule has 2 amide bonds. The molecule has 2 aromatic rings. The van der Waals surface area contributed by atoms with E-state index in [4.69, 9.17) is 0 Å². The molecule has 0 unspecified atom stereocenters. The first-order valence-electron chi connectivity index (χ1n) is 7.82. The molecule has 0 radical (unpaired) electrons. The molecule has 0 saturated heterocycles. The molecule has 1 aliphatic carbocycles. The molecule has 1 fully saturated rings. The maximum Gasteiger partial charge on any atom is 0.319 e. The molecule has 1 saturated carbocycles. The van der Waals surface area contributed by atoms with Gasteiger partial charge in [0.15, 0.2) is 0 Å². The summed E-state index contributed by atoms with van der Waals surface area (Å²) in [6.07, 6.45) is 2.17. The summed E-state index contributed by atoms with van der Waals surface area (Å²) < 4.78 is 0. The fourth-order valence-corrected chi connectivity index (χ4v) is 2.23. The Labute approximate surface area is 136 Å². The minimum atomic E-state index is -0.132. The molecule has 2 aromatic carbocycles. The number of nitrogens with one attached hydrogen (secondary N) is 3. The van der Waals surface area contributed by atoms with Crippen molar-refractivity contribution < 1.29 is 4.79 Å². The van der Waals surface area contributed by atoms with Gasteiger partial charge in [0.2, 0.25) is 0 Å². The van der Waals surface area contributed by atoms with Crippen LogP contribution >= 0.6 is 0 Å².